The van der Waals surface area contributed by atoms with Gasteiger partial charge in [0.1, 0.15) is 11.7 Å². The van der Waals surface area contributed by atoms with Gasteiger partial charge in [-0.15, -0.1) is 0 Å². The van der Waals surface area contributed by atoms with Crippen molar-refractivity contribution < 1.29 is 14.3 Å². The summed E-state index contributed by atoms with van der Waals surface area (Å²) in [5.41, 5.74) is 4.78. The van der Waals surface area contributed by atoms with E-state index in [1.807, 2.05) is 42.3 Å². The molecule has 2 aliphatic heterocycles. The standard InChI is InChI=1S/C23H26N4O3/c1-14-12-16(23(29)27-8-10-30-11-9-27)4-5-17(14)19-13-20(26-22(28)15-2-3-15)25-21-18(19)6-7-24-21/h4-7,12,15,20H,2-3,8-11,13H2,1H3,(H,24,25)(H,26,28). The number of carbonyl (C=O) groups is 2. The van der Waals surface area contributed by atoms with Gasteiger partial charge in [-0.1, -0.05) is 6.07 Å². The van der Waals surface area contributed by atoms with E-state index in [0.717, 1.165) is 40.2 Å². The Hall–Kier alpha value is -2.93. The van der Waals surface area contributed by atoms with E-state index in [-0.39, 0.29) is 23.9 Å². The van der Waals surface area contributed by atoms with Crippen LogP contribution in [0.2, 0.25) is 0 Å². The van der Waals surface area contributed by atoms with Crippen LogP contribution in [0.1, 0.15) is 40.7 Å². The molecule has 1 saturated carbocycles. The molecule has 3 heterocycles. The Bertz CT molecular complexity index is 1110. The maximum absolute atomic E-state index is 12.8. The Balaban J connectivity index is 1.44. The van der Waals surface area contributed by atoms with E-state index in [9.17, 15) is 9.59 Å². The molecule has 1 aliphatic carbocycles. The van der Waals surface area contributed by atoms with Crippen LogP contribution in [0.4, 0.5) is 0 Å². The molecule has 5 rings (SSSR count). The van der Waals surface area contributed by atoms with Gasteiger partial charge in [-0.2, -0.15) is 0 Å². The van der Waals surface area contributed by atoms with Crippen LogP contribution in [0, 0.1) is 12.8 Å². The molecule has 2 fully saturated rings. The summed E-state index contributed by atoms with van der Waals surface area (Å²) in [6.45, 7) is 4.48. The molecule has 2 amide bonds. The van der Waals surface area contributed by atoms with Crippen molar-refractivity contribution in [3.8, 4) is 0 Å². The number of aromatic amines is 1. The first-order chi connectivity index (χ1) is 14.6. The molecule has 7 nitrogen and oxygen atoms in total. The second-order valence-electron chi connectivity index (χ2n) is 8.28. The van der Waals surface area contributed by atoms with Crippen molar-refractivity contribution in [1.29, 1.82) is 0 Å². The number of rotatable bonds is 4. The monoisotopic (exact) mass is 406 g/mol. The summed E-state index contributed by atoms with van der Waals surface area (Å²) in [6.07, 6.45) is 4.20. The molecule has 30 heavy (non-hydrogen) atoms. The van der Waals surface area contributed by atoms with Gasteiger partial charge < -0.3 is 19.9 Å². The summed E-state index contributed by atoms with van der Waals surface area (Å²) in [5, 5.41) is 4.14. The summed E-state index contributed by atoms with van der Waals surface area (Å²) in [4.78, 5) is 34.8. The number of carbonyl (C=O) groups excluding carboxylic acids is 2. The topological polar surface area (TPSA) is 86.8 Å². The van der Waals surface area contributed by atoms with Crippen LogP contribution < -0.4 is 16.0 Å². The van der Waals surface area contributed by atoms with Gasteiger partial charge in [0, 0.05) is 42.4 Å². The molecule has 2 N–H and O–H groups in total. The Kier molecular flexibility index (Phi) is 4.90. The predicted molar refractivity (Wildman–Crippen MR) is 111 cm³/mol. The lowest BCUT2D eigenvalue weighted by Gasteiger charge is -2.27. The van der Waals surface area contributed by atoms with E-state index in [1.165, 1.54) is 0 Å². The number of amides is 2. The van der Waals surface area contributed by atoms with Crippen LogP contribution in [-0.4, -0.2) is 54.2 Å². The molecule has 0 spiro atoms. The van der Waals surface area contributed by atoms with Crippen molar-refractivity contribution in [2.75, 3.05) is 26.3 Å². The van der Waals surface area contributed by atoms with E-state index in [0.29, 0.717) is 38.3 Å². The third-order valence-corrected chi connectivity index (χ3v) is 6.09. The molecule has 0 bridgehead atoms. The van der Waals surface area contributed by atoms with Gasteiger partial charge >= 0.3 is 0 Å². The lowest BCUT2D eigenvalue weighted by molar-refractivity contribution is -0.122. The molecule has 7 heteroatoms. The molecule has 1 aromatic carbocycles. The fraction of sp³-hybridized carbons (Fsp3) is 0.435. The summed E-state index contributed by atoms with van der Waals surface area (Å²) in [5.74, 6) is 0.302. The molecular formula is C23H26N4O3. The lowest BCUT2D eigenvalue weighted by Crippen LogP contribution is -2.42. The zero-order valence-electron chi connectivity index (χ0n) is 17.1. The van der Waals surface area contributed by atoms with E-state index in [1.54, 1.807) is 0 Å². The SMILES string of the molecule is Cc1cc(C(=O)N2CCOCC2)ccc1C1=c2cc[nH]c2=NC(NC(=O)C2CC2)C1. The highest BCUT2D eigenvalue weighted by atomic mass is 16.5. The van der Waals surface area contributed by atoms with Crippen molar-refractivity contribution in [1.82, 2.24) is 15.2 Å². The quantitative estimate of drug-likeness (QED) is 0.790. The van der Waals surface area contributed by atoms with Gasteiger partial charge in [-0.3, -0.25) is 9.59 Å². The number of nitrogens with zero attached hydrogens (tertiary/aromatic N) is 2. The number of H-pyrrole nitrogens is 1. The molecular weight excluding hydrogens is 380 g/mol. The number of ether oxygens (including phenoxy) is 1. The first-order valence-electron chi connectivity index (χ1n) is 10.6. The molecule has 2 aromatic rings. The summed E-state index contributed by atoms with van der Waals surface area (Å²) < 4.78 is 5.35. The maximum atomic E-state index is 12.8. The van der Waals surface area contributed by atoms with Gasteiger partial charge in [-0.05, 0) is 54.7 Å². The van der Waals surface area contributed by atoms with Gasteiger partial charge in [0.15, 0.2) is 0 Å². The van der Waals surface area contributed by atoms with Crippen LogP contribution in [0.15, 0.2) is 35.5 Å². The van der Waals surface area contributed by atoms with Gasteiger partial charge in [-0.25, -0.2) is 4.99 Å². The first-order valence-corrected chi connectivity index (χ1v) is 10.6. The second kappa shape index (κ2) is 7.72. The lowest BCUT2D eigenvalue weighted by atomic mass is 9.93. The first kappa shape index (κ1) is 19.1. The third kappa shape index (κ3) is 3.65. The summed E-state index contributed by atoms with van der Waals surface area (Å²) >= 11 is 0. The van der Waals surface area contributed by atoms with Crippen molar-refractivity contribution in [3.05, 3.63) is 57.9 Å². The van der Waals surface area contributed by atoms with Crippen LogP contribution in [0.25, 0.3) is 5.57 Å². The maximum Gasteiger partial charge on any atom is 0.254 e. The Morgan fingerprint density at radius 2 is 2.00 bits per heavy atom. The number of aryl methyl sites for hydroxylation is 1. The Morgan fingerprint density at radius 3 is 2.73 bits per heavy atom. The van der Waals surface area contributed by atoms with E-state index in [4.69, 9.17) is 4.74 Å². The number of benzene rings is 1. The smallest absolute Gasteiger partial charge is 0.254 e. The van der Waals surface area contributed by atoms with Crippen molar-refractivity contribution in [3.63, 3.8) is 0 Å². The van der Waals surface area contributed by atoms with Crippen LogP contribution >= 0.6 is 0 Å². The molecule has 156 valence electrons. The van der Waals surface area contributed by atoms with Crippen molar-refractivity contribution in [2.24, 2.45) is 10.9 Å². The van der Waals surface area contributed by atoms with Crippen LogP contribution in [0.3, 0.4) is 0 Å². The molecule has 3 aliphatic rings. The van der Waals surface area contributed by atoms with E-state index < -0.39 is 0 Å². The highest BCUT2D eigenvalue weighted by Crippen LogP contribution is 2.30. The van der Waals surface area contributed by atoms with E-state index in [2.05, 4.69) is 15.3 Å². The molecule has 0 radical (unpaired) electrons. The zero-order chi connectivity index (χ0) is 20.7. The van der Waals surface area contributed by atoms with Crippen molar-refractivity contribution in [2.45, 2.75) is 32.4 Å². The molecule has 1 atom stereocenters. The van der Waals surface area contributed by atoms with Crippen LogP contribution in [-0.2, 0) is 9.53 Å². The minimum Gasteiger partial charge on any atom is -0.378 e. The highest BCUT2D eigenvalue weighted by Gasteiger charge is 2.31. The Labute approximate surface area is 174 Å². The van der Waals surface area contributed by atoms with Gasteiger partial charge in [0.2, 0.25) is 5.91 Å². The fourth-order valence-corrected chi connectivity index (χ4v) is 4.27. The number of morpholine rings is 1. The second-order valence-corrected chi connectivity index (χ2v) is 8.28. The van der Waals surface area contributed by atoms with Crippen LogP contribution in [0.5, 0.6) is 0 Å². The van der Waals surface area contributed by atoms with Gasteiger partial charge in [0.05, 0.1) is 13.2 Å². The minimum absolute atomic E-state index is 0.0495. The number of fused-ring (bicyclic) bond motifs is 1. The number of aromatic nitrogens is 1. The van der Waals surface area contributed by atoms with Crippen molar-refractivity contribution >= 4 is 17.4 Å². The number of hydrogen-bond acceptors (Lipinski definition) is 4. The summed E-state index contributed by atoms with van der Waals surface area (Å²) in [6, 6.07) is 7.93. The average molecular weight is 406 g/mol. The van der Waals surface area contributed by atoms with Gasteiger partial charge in [0.25, 0.3) is 5.91 Å². The minimum atomic E-state index is -0.270. The summed E-state index contributed by atoms with van der Waals surface area (Å²) in [7, 11) is 0. The average Bonchev–Trinajstić information content (AvgIpc) is 3.51. The third-order valence-electron chi connectivity index (χ3n) is 6.09. The molecule has 1 unspecified atom stereocenters. The fourth-order valence-electron chi connectivity index (χ4n) is 4.27. The Morgan fingerprint density at radius 1 is 1.20 bits per heavy atom. The number of nitrogens with one attached hydrogen (secondary N) is 2. The van der Waals surface area contributed by atoms with E-state index >= 15 is 0 Å². The zero-order valence-corrected chi connectivity index (χ0v) is 17.1. The largest absolute Gasteiger partial charge is 0.378 e. The molecule has 1 saturated heterocycles. The normalized spacial score (nSPS) is 21.0. The predicted octanol–water partition coefficient (Wildman–Crippen LogP) is 0.870. The number of hydrogen-bond donors (Lipinski definition) is 2. The molecule has 1 aromatic heterocycles. The highest BCUT2D eigenvalue weighted by molar-refractivity contribution is 5.95.